The van der Waals surface area contributed by atoms with Crippen LogP contribution in [-0.4, -0.2) is 41.8 Å². The van der Waals surface area contributed by atoms with E-state index in [2.05, 4.69) is 34.6 Å². The summed E-state index contributed by atoms with van der Waals surface area (Å²) in [5.74, 6) is -0.688. The standard InChI is InChI=1S/C30H40O8/c1-16(31)35-21-9-11-27(5)19-8-12-28(6)23(18-10-13-34-15-18)37-25(33)24-30(28,38-24)29(19,7)22(36-17(2)32)14-20(27)26(21,3)4/h10,13,15,19-24H,8-9,11-12,14H2,1-7H3/t19-,20+,21+,22+,23-,24+,27+,28+,29-,30-/m0/s1. The Balaban J connectivity index is 1.49. The molecule has 8 nitrogen and oxygen atoms in total. The van der Waals surface area contributed by atoms with Gasteiger partial charge in [0.1, 0.15) is 23.9 Å². The molecule has 8 heteroatoms. The second-order valence-corrected chi connectivity index (χ2v) is 13.7. The van der Waals surface area contributed by atoms with E-state index in [0.717, 1.165) is 31.2 Å². The van der Waals surface area contributed by atoms with Crippen molar-refractivity contribution in [3.05, 3.63) is 24.2 Å². The van der Waals surface area contributed by atoms with Crippen LogP contribution < -0.4 is 0 Å². The Kier molecular flexibility index (Phi) is 5.36. The maximum absolute atomic E-state index is 13.4. The van der Waals surface area contributed by atoms with Crippen molar-refractivity contribution in [3.63, 3.8) is 0 Å². The molecular weight excluding hydrogens is 488 g/mol. The van der Waals surface area contributed by atoms with Crippen LogP contribution in [-0.2, 0) is 33.3 Å². The lowest BCUT2D eigenvalue weighted by atomic mass is 9.34. The number of cyclic esters (lactones) is 1. The first-order valence-electron chi connectivity index (χ1n) is 14.0. The molecule has 1 spiro atoms. The molecule has 1 aromatic heterocycles. The van der Waals surface area contributed by atoms with Crippen molar-refractivity contribution in [2.75, 3.05) is 0 Å². The van der Waals surface area contributed by atoms with Crippen LogP contribution in [0.2, 0.25) is 0 Å². The molecule has 1 aromatic rings. The van der Waals surface area contributed by atoms with Gasteiger partial charge in [0.05, 0.1) is 12.5 Å². The largest absolute Gasteiger partial charge is 0.472 e. The average molecular weight is 529 g/mol. The molecule has 0 aromatic carbocycles. The van der Waals surface area contributed by atoms with E-state index in [1.165, 1.54) is 13.8 Å². The SMILES string of the molecule is CC(=O)O[C@@H]1CC[C@@]2(C)[C@H](C[C@@H](OC(C)=O)[C@]3(C)[C@H]2CC[C@]2(C)[C@H](c4ccoc4)OC(=O)[C@H]4O[C@]432)C1(C)C. The van der Waals surface area contributed by atoms with Crippen LogP contribution in [0, 0.1) is 33.5 Å². The van der Waals surface area contributed by atoms with E-state index in [1.54, 1.807) is 12.5 Å². The highest BCUT2D eigenvalue weighted by Crippen LogP contribution is 2.80. The Morgan fingerprint density at radius 1 is 0.921 bits per heavy atom. The molecule has 2 saturated heterocycles. The Bertz CT molecular complexity index is 1170. The van der Waals surface area contributed by atoms with Crippen LogP contribution >= 0.6 is 0 Å². The Hall–Kier alpha value is -2.35. The number of furan rings is 1. The van der Waals surface area contributed by atoms with E-state index in [-0.39, 0.29) is 46.7 Å². The van der Waals surface area contributed by atoms with E-state index in [1.807, 2.05) is 6.07 Å². The van der Waals surface area contributed by atoms with Crippen LogP contribution in [0.5, 0.6) is 0 Å². The molecule has 0 amide bonds. The second kappa shape index (κ2) is 7.86. The number of hydrogen-bond acceptors (Lipinski definition) is 8. The van der Waals surface area contributed by atoms with Crippen molar-refractivity contribution >= 4 is 17.9 Å². The average Bonchev–Trinajstić information content (AvgIpc) is 3.39. The molecule has 0 radical (unpaired) electrons. The number of carbonyl (C=O) groups is 3. The molecule has 38 heavy (non-hydrogen) atoms. The number of esters is 3. The van der Waals surface area contributed by atoms with Crippen molar-refractivity contribution in [1.82, 2.24) is 0 Å². The smallest absolute Gasteiger partial charge is 0.339 e. The molecule has 3 aliphatic carbocycles. The fraction of sp³-hybridized carbons (Fsp3) is 0.767. The van der Waals surface area contributed by atoms with Crippen molar-refractivity contribution in [3.8, 4) is 0 Å². The number of fused-ring (bicyclic) bond motifs is 3. The quantitative estimate of drug-likeness (QED) is 0.301. The summed E-state index contributed by atoms with van der Waals surface area (Å²) < 4.78 is 30.1. The van der Waals surface area contributed by atoms with Gasteiger partial charge in [0, 0.05) is 35.7 Å². The van der Waals surface area contributed by atoms with E-state index in [0.29, 0.717) is 6.42 Å². The monoisotopic (exact) mass is 528 g/mol. The highest BCUT2D eigenvalue weighted by Gasteiger charge is 2.88. The van der Waals surface area contributed by atoms with Gasteiger partial charge in [0.2, 0.25) is 0 Å². The first kappa shape index (κ1) is 25.9. The van der Waals surface area contributed by atoms with Crippen molar-refractivity contribution in [1.29, 1.82) is 0 Å². The van der Waals surface area contributed by atoms with Crippen LogP contribution in [0.3, 0.4) is 0 Å². The van der Waals surface area contributed by atoms with Crippen molar-refractivity contribution in [2.45, 2.75) is 111 Å². The van der Waals surface area contributed by atoms with Crippen molar-refractivity contribution in [2.24, 2.45) is 33.5 Å². The number of rotatable bonds is 3. The third-order valence-corrected chi connectivity index (χ3v) is 11.8. The van der Waals surface area contributed by atoms with Gasteiger partial charge < -0.3 is 23.4 Å². The highest BCUT2D eigenvalue weighted by atomic mass is 16.7. The predicted octanol–water partition coefficient (Wildman–Crippen LogP) is 5.15. The molecule has 3 saturated carbocycles. The van der Waals surface area contributed by atoms with Gasteiger partial charge in [-0.3, -0.25) is 9.59 Å². The third kappa shape index (κ3) is 2.98. The molecule has 5 aliphatic rings. The summed E-state index contributed by atoms with van der Waals surface area (Å²) in [7, 11) is 0. The third-order valence-electron chi connectivity index (χ3n) is 11.8. The summed E-state index contributed by atoms with van der Waals surface area (Å²) >= 11 is 0. The van der Waals surface area contributed by atoms with Crippen LogP contribution in [0.15, 0.2) is 23.0 Å². The van der Waals surface area contributed by atoms with Crippen LogP contribution in [0.25, 0.3) is 0 Å². The molecule has 10 atom stereocenters. The number of ether oxygens (including phenoxy) is 4. The van der Waals surface area contributed by atoms with Crippen molar-refractivity contribution < 1.29 is 37.7 Å². The molecule has 0 unspecified atom stereocenters. The van der Waals surface area contributed by atoms with Gasteiger partial charge in [-0.15, -0.1) is 0 Å². The molecule has 6 rings (SSSR count). The Morgan fingerprint density at radius 2 is 1.61 bits per heavy atom. The van der Waals surface area contributed by atoms with Gasteiger partial charge in [-0.25, -0.2) is 4.79 Å². The van der Waals surface area contributed by atoms with Gasteiger partial charge in [-0.2, -0.15) is 0 Å². The topological polar surface area (TPSA) is 105 Å². The zero-order valence-corrected chi connectivity index (χ0v) is 23.5. The summed E-state index contributed by atoms with van der Waals surface area (Å²) in [4.78, 5) is 37.9. The fourth-order valence-electron chi connectivity index (χ4n) is 10.3. The minimum atomic E-state index is -0.828. The number of hydrogen-bond donors (Lipinski definition) is 0. The highest BCUT2D eigenvalue weighted by molar-refractivity contribution is 5.82. The molecule has 5 fully saturated rings. The summed E-state index contributed by atoms with van der Waals surface area (Å²) in [5.41, 5.74) is -1.58. The van der Waals surface area contributed by atoms with Gasteiger partial charge in [-0.05, 0) is 55.4 Å². The summed E-state index contributed by atoms with van der Waals surface area (Å²) in [5, 5.41) is 0. The minimum absolute atomic E-state index is 0.120. The van der Waals surface area contributed by atoms with E-state index in [9.17, 15) is 14.4 Å². The summed E-state index contributed by atoms with van der Waals surface area (Å²) in [6.07, 6.45) is 5.36. The molecule has 208 valence electrons. The van der Waals surface area contributed by atoms with Crippen LogP contribution in [0.4, 0.5) is 0 Å². The maximum atomic E-state index is 13.4. The summed E-state index contributed by atoms with van der Waals surface area (Å²) in [6.45, 7) is 14.0. The molecule has 2 aliphatic heterocycles. The van der Waals surface area contributed by atoms with Gasteiger partial charge in [-0.1, -0.05) is 34.6 Å². The lowest BCUT2D eigenvalue weighted by Gasteiger charge is -2.70. The normalized spacial score (nSPS) is 48.3. The molecule has 0 N–H and O–H groups in total. The number of epoxide rings is 1. The van der Waals surface area contributed by atoms with E-state index in [4.69, 9.17) is 23.4 Å². The van der Waals surface area contributed by atoms with E-state index >= 15 is 0 Å². The Labute approximate surface area is 224 Å². The summed E-state index contributed by atoms with van der Waals surface area (Å²) in [6, 6.07) is 1.86. The van der Waals surface area contributed by atoms with Gasteiger partial charge >= 0.3 is 17.9 Å². The zero-order valence-electron chi connectivity index (χ0n) is 23.5. The lowest BCUT2D eigenvalue weighted by molar-refractivity contribution is -0.276. The molecule has 3 heterocycles. The molecule has 0 bridgehead atoms. The fourth-order valence-corrected chi connectivity index (χ4v) is 10.3. The lowest BCUT2D eigenvalue weighted by Crippen LogP contribution is -2.73. The van der Waals surface area contributed by atoms with Gasteiger partial charge in [0.25, 0.3) is 0 Å². The first-order chi connectivity index (χ1) is 17.7. The predicted molar refractivity (Wildman–Crippen MR) is 134 cm³/mol. The van der Waals surface area contributed by atoms with Gasteiger partial charge in [0.15, 0.2) is 6.10 Å². The first-order valence-corrected chi connectivity index (χ1v) is 14.0. The minimum Gasteiger partial charge on any atom is -0.472 e. The number of carbonyl (C=O) groups excluding carboxylic acids is 3. The van der Waals surface area contributed by atoms with E-state index < -0.39 is 34.7 Å². The van der Waals surface area contributed by atoms with Crippen LogP contribution in [0.1, 0.15) is 92.2 Å². The maximum Gasteiger partial charge on any atom is 0.339 e. The zero-order chi connectivity index (χ0) is 27.5. The second-order valence-electron chi connectivity index (χ2n) is 13.7. The molecular formula is C30H40O8. The Morgan fingerprint density at radius 3 is 2.24 bits per heavy atom.